The summed E-state index contributed by atoms with van der Waals surface area (Å²) in [5, 5.41) is 0. The minimum atomic E-state index is 0.420. The van der Waals surface area contributed by atoms with E-state index in [-0.39, 0.29) is 0 Å². The lowest BCUT2D eigenvalue weighted by molar-refractivity contribution is 0.361. The van der Waals surface area contributed by atoms with Gasteiger partial charge in [0.15, 0.2) is 6.29 Å². The molecule has 0 aliphatic heterocycles. The summed E-state index contributed by atoms with van der Waals surface area (Å²) >= 11 is 0. The van der Waals surface area contributed by atoms with Gasteiger partial charge in [0, 0.05) is 6.42 Å². The van der Waals surface area contributed by atoms with Crippen LogP contribution in [0.4, 0.5) is 0 Å². The number of carbonyl (C=O) groups excluding carboxylic acids is 1. The van der Waals surface area contributed by atoms with E-state index in [0.717, 1.165) is 12.8 Å². The van der Waals surface area contributed by atoms with Crippen LogP contribution in [-0.2, 0) is 4.79 Å². The molecular weight excluding hydrogens is 124 g/mol. The van der Waals surface area contributed by atoms with Gasteiger partial charge in [-0.05, 0) is 18.3 Å². The molecule has 0 bridgehead atoms. The Hall–Kier alpha value is -0.330. The minimum absolute atomic E-state index is 0.420. The summed E-state index contributed by atoms with van der Waals surface area (Å²) in [6.07, 6.45) is 5.87. The first-order chi connectivity index (χ1) is 4.56. The highest BCUT2D eigenvalue weighted by molar-refractivity contribution is 5.50. The zero-order chi connectivity index (χ0) is 8.04. The van der Waals surface area contributed by atoms with Crippen molar-refractivity contribution in [3.8, 4) is 0 Å². The van der Waals surface area contributed by atoms with Gasteiger partial charge in [0.1, 0.15) is 0 Å². The van der Waals surface area contributed by atoms with E-state index in [4.69, 9.17) is 0 Å². The van der Waals surface area contributed by atoms with Crippen LogP contribution >= 0.6 is 0 Å². The van der Waals surface area contributed by atoms with Gasteiger partial charge in [0.05, 0.1) is 0 Å². The van der Waals surface area contributed by atoms with Crippen molar-refractivity contribution in [3.05, 3.63) is 0 Å². The number of hydrogen-bond acceptors (Lipinski definition) is 1. The van der Waals surface area contributed by atoms with Gasteiger partial charge in [-0.1, -0.05) is 27.2 Å². The van der Waals surface area contributed by atoms with Gasteiger partial charge in [-0.3, -0.25) is 4.79 Å². The molecule has 0 heterocycles. The molecule has 0 rings (SSSR count). The van der Waals surface area contributed by atoms with E-state index in [9.17, 15) is 4.79 Å². The van der Waals surface area contributed by atoms with Crippen molar-refractivity contribution >= 4 is 6.29 Å². The molecule has 0 saturated heterocycles. The van der Waals surface area contributed by atoms with E-state index >= 15 is 0 Å². The molecule has 1 nitrogen and oxygen atoms in total. The first-order valence-corrected chi connectivity index (χ1v) is 3.91. The van der Waals surface area contributed by atoms with Crippen molar-refractivity contribution in [1.29, 1.82) is 0 Å². The SMILES string of the molecule is CC(C)(C)CCCC[C]=O. The second-order valence-corrected chi connectivity index (χ2v) is 3.91. The summed E-state index contributed by atoms with van der Waals surface area (Å²) in [4.78, 5) is 9.80. The normalized spacial score (nSPS) is 11.5. The number of rotatable bonds is 4. The van der Waals surface area contributed by atoms with Crippen LogP contribution < -0.4 is 0 Å². The maximum atomic E-state index is 9.80. The molecule has 10 heavy (non-hydrogen) atoms. The van der Waals surface area contributed by atoms with Crippen LogP contribution in [0.1, 0.15) is 46.5 Å². The van der Waals surface area contributed by atoms with Crippen molar-refractivity contribution in [1.82, 2.24) is 0 Å². The van der Waals surface area contributed by atoms with Gasteiger partial charge >= 0.3 is 0 Å². The first-order valence-electron chi connectivity index (χ1n) is 3.91. The molecule has 0 atom stereocenters. The molecule has 0 aromatic carbocycles. The summed E-state index contributed by atoms with van der Waals surface area (Å²) in [6.45, 7) is 6.66. The molecule has 0 aliphatic carbocycles. The summed E-state index contributed by atoms with van der Waals surface area (Å²) in [7, 11) is 0. The molecule has 0 N–H and O–H groups in total. The summed E-state index contributed by atoms with van der Waals surface area (Å²) in [6, 6.07) is 0. The fourth-order valence-electron chi connectivity index (χ4n) is 0.852. The third kappa shape index (κ3) is 7.67. The van der Waals surface area contributed by atoms with Crippen LogP contribution in [0.25, 0.3) is 0 Å². The molecule has 0 amide bonds. The summed E-state index contributed by atoms with van der Waals surface area (Å²) in [5.41, 5.74) is 0.420. The Morgan fingerprint density at radius 2 is 1.80 bits per heavy atom. The van der Waals surface area contributed by atoms with E-state index in [2.05, 4.69) is 20.8 Å². The predicted octanol–water partition coefficient (Wildman–Crippen LogP) is 2.70. The lowest BCUT2D eigenvalue weighted by atomic mass is 9.90. The molecule has 1 heteroatoms. The largest absolute Gasteiger partial charge is 0.291 e. The van der Waals surface area contributed by atoms with Crippen LogP contribution in [0.3, 0.4) is 0 Å². The first kappa shape index (κ1) is 9.67. The lowest BCUT2D eigenvalue weighted by Crippen LogP contribution is -2.03. The third-order valence-electron chi connectivity index (χ3n) is 1.46. The standard InChI is InChI=1S/C9H17O/c1-9(2,3)7-5-4-6-8-10/h4-7H2,1-3H3. The molecule has 0 aromatic rings. The highest BCUT2D eigenvalue weighted by atomic mass is 16.1. The van der Waals surface area contributed by atoms with Gasteiger partial charge in [-0.25, -0.2) is 0 Å². The lowest BCUT2D eigenvalue weighted by Gasteiger charge is -2.16. The molecule has 0 aromatic heterocycles. The van der Waals surface area contributed by atoms with Gasteiger partial charge in [-0.15, -0.1) is 0 Å². The average molecular weight is 141 g/mol. The Morgan fingerprint density at radius 1 is 1.20 bits per heavy atom. The van der Waals surface area contributed by atoms with Crippen LogP contribution in [0.15, 0.2) is 0 Å². The van der Waals surface area contributed by atoms with E-state index in [1.165, 1.54) is 6.42 Å². The second kappa shape index (κ2) is 4.48. The Labute approximate surface area is 63.8 Å². The highest BCUT2D eigenvalue weighted by Crippen LogP contribution is 2.21. The Bertz CT molecular complexity index is 89.4. The highest BCUT2D eigenvalue weighted by Gasteiger charge is 2.08. The fourth-order valence-corrected chi connectivity index (χ4v) is 0.852. The molecule has 0 saturated carbocycles. The Morgan fingerprint density at radius 3 is 2.20 bits per heavy atom. The molecule has 0 fully saturated rings. The second-order valence-electron chi connectivity index (χ2n) is 3.91. The van der Waals surface area contributed by atoms with Gasteiger partial charge in [0.2, 0.25) is 0 Å². The Balaban J connectivity index is 3.12. The smallest absolute Gasteiger partial charge is 0.198 e. The van der Waals surface area contributed by atoms with E-state index in [1.54, 1.807) is 0 Å². The van der Waals surface area contributed by atoms with Crippen LogP contribution in [0.2, 0.25) is 0 Å². The quantitative estimate of drug-likeness (QED) is 0.550. The maximum Gasteiger partial charge on any atom is 0.198 e. The van der Waals surface area contributed by atoms with Crippen LogP contribution in [0.5, 0.6) is 0 Å². The number of hydrogen-bond donors (Lipinski definition) is 0. The fraction of sp³-hybridized carbons (Fsp3) is 0.889. The van der Waals surface area contributed by atoms with Crippen molar-refractivity contribution in [3.63, 3.8) is 0 Å². The molecular formula is C9H17O. The number of unbranched alkanes of at least 4 members (excludes halogenated alkanes) is 2. The Kier molecular flexibility index (Phi) is 4.33. The van der Waals surface area contributed by atoms with Crippen molar-refractivity contribution in [2.24, 2.45) is 5.41 Å². The molecule has 0 aliphatic rings. The van der Waals surface area contributed by atoms with Crippen molar-refractivity contribution in [2.45, 2.75) is 46.5 Å². The molecule has 0 spiro atoms. The third-order valence-corrected chi connectivity index (χ3v) is 1.46. The van der Waals surface area contributed by atoms with E-state index in [0.29, 0.717) is 11.8 Å². The zero-order valence-corrected chi connectivity index (χ0v) is 7.24. The van der Waals surface area contributed by atoms with E-state index in [1.807, 2.05) is 6.29 Å². The van der Waals surface area contributed by atoms with Crippen molar-refractivity contribution < 1.29 is 4.79 Å². The monoisotopic (exact) mass is 141 g/mol. The van der Waals surface area contributed by atoms with Gasteiger partial charge < -0.3 is 0 Å². The van der Waals surface area contributed by atoms with Gasteiger partial charge in [-0.2, -0.15) is 0 Å². The predicted molar refractivity (Wildman–Crippen MR) is 43.6 cm³/mol. The maximum absolute atomic E-state index is 9.80. The summed E-state index contributed by atoms with van der Waals surface area (Å²) < 4.78 is 0. The average Bonchev–Trinajstić information content (AvgIpc) is 1.78. The molecule has 1 radical (unpaired) electrons. The molecule has 59 valence electrons. The van der Waals surface area contributed by atoms with Crippen LogP contribution in [-0.4, -0.2) is 6.29 Å². The minimum Gasteiger partial charge on any atom is -0.291 e. The topological polar surface area (TPSA) is 17.1 Å². The van der Waals surface area contributed by atoms with E-state index < -0.39 is 0 Å². The summed E-state index contributed by atoms with van der Waals surface area (Å²) in [5.74, 6) is 0. The van der Waals surface area contributed by atoms with Crippen LogP contribution in [0, 0.1) is 5.41 Å². The zero-order valence-electron chi connectivity index (χ0n) is 7.24. The van der Waals surface area contributed by atoms with Gasteiger partial charge in [0.25, 0.3) is 0 Å². The van der Waals surface area contributed by atoms with Crippen molar-refractivity contribution in [2.75, 3.05) is 0 Å². The molecule has 0 unspecified atom stereocenters.